The van der Waals surface area contributed by atoms with E-state index in [2.05, 4.69) is 21.2 Å². The summed E-state index contributed by atoms with van der Waals surface area (Å²) >= 11 is 4.15. The van der Waals surface area contributed by atoms with Crippen molar-refractivity contribution in [2.45, 2.75) is 6.54 Å². The van der Waals surface area contributed by atoms with E-state index >= 15 is 0 Å². The van der Waals surface area contributed by atoms with Crippen LogP contribution in [0, 0.1) is 5.82 Å². The van der Waals surface area contributed by atoms with E-state index in [0.717, 1.165) is 33.1 Å². The first-order chi connectivity index (χ1) is 17.4. The Kier molecular flexibility index (Phi) is 6.75. The van der Waals surface area contributed by atoms with E-state index in [1.54, 1.807) is 42.5 Å². The third-order valence-electron chi connectivity index (χ3n) is 5.73. The summed E-state index contributed by atoms with van der Waals surface area (Å²) in [7, 11) is 0. The first-order valence-corrected chi connectivity index (χ1v) is 12.6. The zero-order chi connectivity index (χ0) is 25.2. The Labute approximate surface area is 218 Å². The Morgan fingerprint density at radius 2 is 1.72 bits per heavy atom. The van der Waals surface area contributed by atoms with Crippen LogP contribution in [-0.4, -0.2) is 33.1 Å². The van der Waals surface area contributed by atoms with E-state index in [0.29, 0.717) is 22.3 Å². The summed E-state index contributed by atoms with van der Waals surface area (Å²) < 4.78 is 16.9. The molecule has 1 aromatic heterocycles. The van der Waals surface area contributed by atoms with E-state index in [9.17, 15) is 18.8 Å². The quantitative estimate of drug-likeness (QED) is 0.281. The molecule has 0 saturated carbocycles. The Morgan fingerprint density at radius 3 is 2.53 bits per heavy atom. The number of aromatic nitrogens is 1. The van der Waals surface area contributed by atoms with Gasteiger partial charge in [-0.2, -0.15) is 0 Å². The van der Waals surface area contributed by atoms with Crippen molar-refractivity contribution < 1.29 is 18.8 Å². The SMILES string of the molecule is O=C(CN1C(=O)S/C(=C\c2cn(Cc3ccccc3F)c3ccccc23)C1=O)Nc1ccccc1Br. The van der Waals surface area contributed by atoms with Crippen molar-refractivity contribution in [2.24, 2.45) is 0 Å². The van der Waals surface area contributed by atoms with Gasteiger partial charge in [0.05, 0.1) is 17.1 Å². The van der Waals surface area contributed by atoms with Crippen LogP contribution in [0.25, 0.3) is 17.0 Å². The van der Waals surface area contributed by atoms with Crippen molar-refractivity contribution in [1.29, 1.82) is 0 Å². The van der Waals surface area contributed by atoms with Gasteiger partial charge in [-0.15, -0.1) is 0 Å². The number of benzene rings is 3. The molecule has 0 spiro atoms. The van der Waals surface area contributed by atoms with Crippen LogP contribution in [-0.2, 0) is 16.1 Å². The molecule has 1 fully saturated rings. The van der Waals surface area contributed by atoms with Crippen LogP contribution in [0.4, 0.5) is 14.9 Å². The zero-order valence-corrected chi connectivity index (χ0v) is 21.2. The van der Waals surface area contributed by atoms with Crippen molar-refractivity contribution in [3.05, 3.63) is 105 Å². The number of rotatable bonds is 6. The smallest absolute Gasteiger partial charge is 0.294 e. The number of thioether (sulfide) groups is 1. The molecule has 0 radical (unpaired) electrons. The van der Waals surface area contributed by atoms with Crippen molar-refractivity contribution in [1.82, 2.24) is 9.47 Å². The monoisotopic (exact) mass is 563 g/mol. The summed E-state index contributed by atoms with van der Waals surface area (Å²) in [5, 5.41) is 3.06. The maximum absolute atomic E-state index is 14.3. The van der Waals surface area contributed by atoms with Crippen LogP contribution in [0.3, 0.4) is 0 Å². The second kappa shape index (κ2) is 10.1. The predicted molar refractivity (Wildman–Crippen MR) is 143 cm³/mol. The molecule has 36 heavy (non-hydrogen) atoms. The van der Waals surface area contributed by atoms with E-state index in [-0.39, 0.29) is 10.7 Å². The number of hydrogen-bond acceptors (Lipinski definition) is 4. The molecule has 2 heterocycles. The van der Waals surface area contributed by atoms with Crippen LogP contribution >= 0.6 is 27.7 Å². The number of carbonyl (C=O) groups excluding carboxylic acids is 3. The lowest BCUT2D eigenvalue weighted by molar-refractivity contribution is -0.127. The van der Waals surface area contributed by atoms with Crippen LogP contribution < -0.4 is 5.32 Å². The van der Waals surface area contributed by atoms with Gasteiger partial charge in [0, 0.05) is 32.7 Å². The number of nitrogens with zero attached hydrogens (tertiary/aromatic N) is 2. The zero-order valence-electron chi connectivity index (χ0n) is 18.8. The second-order valence-electron chi connectivity index (χ2n) is 8.12. The highest BCUT2D eigenvalue weighted by Crippen LogP contribution is 2.34. The summed E-state index contributed by atoms with van der Waals surface area (Å²) in [4.78, 5) is 39.3. The minimum absolute atomic E-state index is 0.225. The number of nitrogens with one attached hydrogen (secondary N) is 1. The number of hydrogen-bond donors (Lipinski definition) is 1. The highest BCUT2D eigenvalue weighted by atomic mass is 79.9. The van der Waals surface area contributed by atoms with Crippen LogP contribution in [0.1, 0.15) is 11.1 Å². The second-order valence-corrected chi connectivity index (χ2v) is 9.96. The molecule has 1 N–H and O–H groups in total. The summed E-state index contributed by atoms with van der Waals surface area (Å²) in [6.45, 7) is -0.0733. The third kappa shape index (κ3) is 4.84. The summed E-state index contributed by atoms with van der Waals surface area (Å²) in [6.07, 6.45) is 3.49. The van der Waals surface area contributed by atoms with Crippen molar-refractivity contribution in [2.75, 3.05) is 11.9 Å². The van der Waals surface area contributed by atoms with Crippen molar-refractivity contribution in [3.63, 3.8) is 0 Å². The Morgan fingerprint density at radius 1 is 1.00 bits per heavy atom. The molecule has 0 aliphatic carbocycles. The Bertz CT molecular complexity index is 1550. The van der Waals surface area contributed by atoms with Gasteiger partial charge in [0.15, 0.2) is 0 Å². The average Bonchev–Trinajstić information content (AvgIpc) is 3.34. The van der Waals surface area contributed by atoms with Gasteiger partial charge in [0.1, 0.15) is 12.4 Å². The predicted octanol–water partition coefficient (Wildman–Crippen LogP) is 6.27. The van der Waals surface area contributed by atoms with Crippen LogP contribution in [0.2, 0.25) is 0 Å². The standard InChI is InChI=1S/C27H19BrFN3O3S/c28-20-9-3-5-11-22(20)30-25(33)16-32-26(34)24(36-27(32)35)13-18-15-31(23-12-6-2-8-19(18)23)14-17-7-1-4-10-21(17)29/h1-13,15H,14,16H2,(H,30,33)/b24-13-. The fourth-order valence-corrected chi connectivity index (χ4v) is 5.22. The molecule has 180 valence electrons. The van der Waals surface area contributed by atoms with Crippen LogP contribution in [0.5, 0.6) is 0 Å². The number of carbonyl (C=O) groups is 3. The van der Waals surface area contributed by atoms with E-state index in [1.807, 2.05) is 41.1 Å². The summed E-state index contributed by atoms with van der Waals surface area (Å²) in [6, 6.07) is 21.3. The minimum atomic E-state index is -0.529. The third-order valence-corrected chi connectivity index (χ3v) is 7.33. The first-order valence-electron chi connectivity index (χ1n) is 11.0. The molecule has 0 bridgehead atoms. The molecule has 1 saturated heterocycles. The van der Waals surface area contributed by atoms with Gasteiger partial charge in [-0.05, 0) is 58.0 Å². The molecule has 3 amide bonds. The van der Waals surface area contributed by atoms with E-state index in [4.69, 9.17) is 0 Å². The van der Waals surface area contributed by atoms with Crippen molar-refractivity contribution in [3.8, 4) is 0 Å². The van der Waals surface area contributed by atoms with Crippen molar-refractivity contribution >= 4 is 67.4 Å². The lowest BCUT2D eigenvalue weighted by Crippen LogP contribution is -2.36. The molecule has 9 heteroatoms. The first kappa shape index (κ1) is 24.0. The van der Waals surface area contributed by atoms with E-state index in [1.165, 1.54) is 6.07 Å². The Hall–Kier alpha value is -3.69. The Balaban J connectivity index is 1.39. The number of fused-ring (bicyclic) bond motifs is 1. The maximum atomic E-state index is 14.3. The highest BCUT2D eigenvalue weighted by molar-refractivity contribution is 9.10. The molecular weight excluding hydrogens is 545 g/mol. The number of para-hydroxylation sites is 2. The van der Waals surface area contributed by atoms with Gasteiger partial charge >= 0.3 is 0 Å². The largest absolute Gasteiger partial charge is 0.342 e. The van der Waals surface area contributed by atoms with Gasteiger partial charge in [0.25, 0.3) is 11.1 Å². The molecule has 1 aliphatic rings. The summed E-state index contributed by atoms with van der Waals surface area (Å²) in [5.74, 6) is -1.30. The molecule has 1 aliphatic heterocycles. The molecule has 4 aromatic rings. The molecule has 0 atom stereocenters. The molecule has 6 nitrogen and oxygen atoms in total. The van der Waals surface area contributed by atoms with Gasteiger partial charge in [-0.3, -0.25) is 19.3 Å². The summed E-state index contributed by atoms with van der Waals surface area (Å²) in [5.41, 5.74) is 2.69. The fraction of sp³-hybridized carbons (Fsp3) is 0.0741. The molecule has 3 aromatic carbocycles. The average molecular weight is 564 g/mol. The van der Waals surface area contributed by atoms with Gasteiger partial charge in [-0.1, -0.05) is 48.5 Å². The number of anilines is 1. The number of amides is 3. The topological polar surface area (TPSA) is 71.4 Å². The van der Waals surface area contributed by atoms with Gasteiger partial charge in [-0.25, -0.2) is 4.39 Å². The fourth-order valence-electron chi connectivity index (χ4n) is 4.00. The minimum Gasteiger partial charge on any atom is -0.342 e. The molecule has 5 rings (SSSR count). The van der Waals surface area contributed by atoms with E-state index < -0.39 is 23.6 Å². The lowest BCUT2D eigenvalue weighted by Gasteiger charge is -2.13. The maximum Gasteiger partial charge on any atom is 0.294 e. The number of imide groups is 1. The molecule has 0 unspecified atom stereocenters. The van der Waals surface area contributed by atoms with Gasteiger partial charge < -0.3 is 9.88 Å². The van der Waals surface area contributed by atoms with Crippen LogP contribution in [0.15, 0.2) is 88.4 Å². The number of halogens is 2. The molecular formula is C27H19BrFN3O3S. The van der Waals surface area contributed by atoms with Gasteiger partial charge in [0.2, 0.25) is 5.91 Å². The normalized spacial score (nSPS) is 14.7. The lowest BCUT2D eigenvalue weighted by atomic mass is 10.1. The highest BCUT2D eigenvalue weighted by Gasteiger charge is 2.36.